The monoisotopic (exact) mass is 276 g/mol. The molecule has 2 rings (SSSR count). The Morgan fingerprint density at radius 2 is 1.95 bits per heavy atom. The van der Waals surface area contributed by atoms with Crippen molar-refractivity contribution in [2.75, 3.05) is 0 Å². The highest BCUT2D eigenvalue weighted by Crippen LogP contribution is 2.49. The largest absolute Gasteiger partial charge is 0.507 e. The van der Waals surface area contributed by atoms with Gasteiger partial charge in [0.25, 0.3) is 0 Å². The molecule has 1 aromatic carbocycles. The molecule has 1 aliphatic carbocycles. The molecule has 0 aliphatic heterocycles. The molecule has 3 nitrogen and oxygen atoms in total. The van der Waals surface area contributed by atoms with E-state index in [1.54, 1.807) is 0 Å². The van der Waals surface area contributed by atoms with Crippen LogP contribution in [0.4, 0.5) is 0 Å². The van der Waals surface area contributed by atoms with Crippen LogP contribution in [-0.2, 0) is 10.2 Å². The summed E-state index contributed by atoms with van der Waals surface area (Å²) in [7, 11) is 0. The first-order chi connectivity index (χ1) is 9.21. The lowest BCUT2D eigenvalue weighted by Crippen LogP contribution is -2.15. The number of benzene rings is 1. The summed E-state index contributed by atoms with van der Waals surface area (Å²) >= 11 is 0. The Balaban J connectivity index is 2.50. The third kappa shape index (κ3) is 2.97. The number of hydrogen-bond donors (Lipinski definition) is 2. The van der Waals surface area contributed by atoms with Gasteiger partial charge in [0.05, 0.1) is 6.42 Å². The van der Waals surface area contributed by atoms with Crippen LogP contribution >= 0.6 is 0 Å². The summed E-state index contributed by atoms with van der Waals surface area (Å²) in [5.74, 6) is -0.141. The first kappa shape index (κ1) is 14.9. The molecule has 0 aromatic heterocycles. The van der Waals surface area contributed by atoms with Crippen LogP contribution in [0.15, 0.2) is 12.1 Å². The molecule has 20 heavy (non-hydrogen) atoms. The van der Waals surface area contributed by atoms with Crippen molar-refractivity contribution in [1.29, 1.82) is 0 Å². The normalized spacial score (nSPS) is 17.0. The quantitative estimate of drug-likeness (QED) is 0.875. The molecule has 1 aromatic rings. The average Bonchev–Trinajstić information content (AvgIpc) is 3.08. The zero-order valence-corrected chi connectivity index (χ0v) is 12.7. The van der Waals surface area contributed by atoms with Crippen molar-refractivity contribution in [1.82, 2.24) is 0 Å². The first-order valence-corrected chi connectivity index (χ1v) is 7.26. The van der Waals surface area contributed by atoms with E-state index >= 15 is 0 Å². The van der Waals surface area contributed by atoms with E-state index in [1.807, 2.05) is 19.1 Å². The predicted molar refractivity (Wildman–Crippen MR) is 79.3 cm³/mol. The molecule has 1 unspecified atom stereocenters. The van der Waals surface area contributed by atoms with Crippen LogP contribution in [-0.4, -0.2) is 16.2 Å². The van der Waals surface area contributed by atoms with E-state index < -0.39 is 5.97 Å². The van der Waals surface area contributed by atoms with Crippen LogP contribution in [0.25, 0.3) is 0 Å². The van der Waals surface area contributed by atoms with Gasteiger partial charge < -0.3 is 10.2 Å². The van der Waals surface area contributed by atoms with Gasteiger partial charge in [0.15, 0.2) is 0 Å². The third-order valence-electron chi connectivity index (χ3n) is 4.20. The summed E-state index contributed by atoms with van der Waals surface area (Å²) in [6.07, 6.45) is 2.24. The van der Waals surface area contributed by atoms with Crippen LogP contribution in [0.5, 0.6) is 5.75 Å². The van der Waals surface area contributed by atoms with Gasteiger partial charge in [-0.25, -0.2) is 0 Å². The molecule has 0 saturated heterocycles. The highest BCUT2D eigenvalue weighted by molar-refractivity contribution is 5.69. The smallest absolute Gasteiger partial charge is 0.303 e. The lowest BCUT2D eigenvalue weighted by Gasteiger charge is -2.26. The van der Waals surface area contributed by atoms with Crippen molar-refractivity contribution in [3.05, 3.63) is 28.8 Å². The Bertz CT molecular complexity index is 522. The fourth-order valence-corrected chi connectivity index (χ4v) is 2.97. The minimum absolute atomic E-state index is 0.0604. The van der Waals surface area contributed by atoms with Gasteiger partial charge in [-0.3, -0.25) is 4.79 Å². The minimum atomic E-state index is -0.790. The van der Waals surface area contributed by atoms with Gasteiger partial charge in [0.1, 0.15) is 5.75 Å². The average molecular weight is 276 g/mol. The van der Waals surface area contributed by atoms with Gasteiger partial charge in [-0.2, -0.15) is 0 Å². The van der Waals surface area contributed by atoms with Crippen LogP contribution in [0.1, 0.15) is 62.6 Å². The summed E-state index contributed by atoms with van der Waals surface area (Å²) in [6.45, 7) is 8.14. The van der Waals surface area contributed by atoms with E-state index in [9.17, 15) is 9.90 Å². The molecule has 0 spiro atoms. The van der Waals surface area contributed by atoms with E-state index in [0.717, 1.165) is 29.5 Å². The van der Waals surface area contributed by atoms with Gasteiger partial charge in [0.2, 0.25) is 0 Å². The van der Waals surface area contributed by atoms with Crippen molar-refractivity contribution in [3.63, 3.8) is 0 Å². The Hall–Kier alpha value is -1.51. The number of aryl methyl sites for hydroxylation is 1. The number of aliphatic carboxylic acids is 1. The maximum Gasteiger partial charge on any atom is 0.303 e. The molecule has 0 radical (unpaired) electrons. The molecule has 110 valence electrons. The Morgan fingerprint density at radius 1 is 1.35 bits per heavy atom. The number of carboxylic acid groups (broad SMARTS) is 1. The van der Waals surface area contributed by atoms with Crippen LogP contribution in [0.3, 0.4) is 0 Å². The second kappa shape index (κ2) is 5.12. The first-order valence-electron chi connectivity index (χ1n) is 7.26. The summed E-state index contributed by atoms with van der Waals surface area (Å²) < 4.78 is 0. The number of carboxylic acids is 1. The van der Waals surface area contributed by atoms with Gasteiger partial charge in [0, 0.05) is 11.5 Å². The second-order valence-electron chi connectivity index (χ2n) is 6.98. The maximum atomic E-state index is 11.1. The Kier molecular flexibility index (Phi) is 3.81. The van der Waals surface area contributed by atoms with E-state index in [0.29, 0.717) is 11.7 Å². The zero-order valence-electron chi connectivity index (χ0n) is 12.7. The molecule has 0 bridgehead atoms. The predicted octanol–water partition coefficient (Wildman–Crippen LogP) is 3.97. The van der Waals surface area contributed by atoms with E-state index in [-0.39, 0.29) is 17.8 Å². The summed E-state index contributed by atoms with van der Waals surface area (Å²) in [4.78, 5) is 11.1. The molecule has 0 amide bonds. The molecule has 0 heterocycles. The van der Waals surface area contributed by atoms with Gasteiger partial charge in [-0.05, 0) is 42.2 Å². The van der Waals surface area contributed by atoms with E-state index in [4.69, 9.17) is 5.11 Å². The van der Waals surface area contributed by atoms with Gasteiger partial charge >= 0.3 is 5.97 Å². The number of phenols is 1. The third-order valence-corrected chi connectivity index (χ3v) is 4.20. The molecule has 1 saturated carbocycles. The van der Waals surface area contributed by atoms with Crippen molar-refractivity contribution >= 4 is 5.97 Å². The molecule has 1 fully saturated rings. The number of hydrogen-bond acceptors (Lipinski definition) is 2. The molecule has 1 aliphatic rings. The number of aromatic hydroxyl groups is 1. The molecular weight excluding hydrogens is 252 g/mol. The number of phenolic OH excluding ortho intramolecular Hbond substituents is 1. The highest BCUT2D eigenvalue weighted by Gasteiger charge is 2.37. The van der Waals surface area contributed by atoms with Crippen LogP contribution in [0, 0.1) is 12.8 Å². The number of rotatable bonds is 4. The van der Waals surface area contributed by atoms with Crippen LogP contribution < -0.4 is 0 Å². The SMILES string of the molecule is Cc1ccc(C(C)(C)C)c(O)c1C(CC(=O)O)C1CC1. The lowest BCUT2D eigenvalue weighted by molar-refractivity contribution is -0.137. The van der Waals surface area contributed by atoms with Gasteiger partial charge in [-0.1, -0.05) is 32.9 Å². The van der Waals surface area contributed by atoms with Crippen LogP contribution in [0.2, 0.25) is 0 Å². The fraction of sp³-hybridized carbons (Fsp3) is 0.588. The summed E-state index contributed by atoms with van der Waals surface area (Å²) in [5, 5.41) is 19.8. The molecule has 1 atom stereocenters. The summed E-state index contributed by atoms with van der Waals surface area (Å²) in [6, 6.07) is 3.96. The lowest BCUT2D eigenvalue weighted by atomic mass is 9.80. The highest BCUT2D eigenvalue weighted by atomic mass is 16.4. The van der Waals surface area contributed by atoms with Crippen molar-refractivity contribution in [2.24, 2.45) is 5.92 Å². The molecule has 2 N–H and O–H groups in total. The zero-order chi connectivity index (χ0) is 15.1. The Morgan fingerprint density at radius 3 is 2.40 bits per heavy atom. The molecule has 3 heteroatoms. The number of carbonyl (C=O) groups is 1. The maximum absolute atomic E-state index is 11.1. The molecular formula is C17H24O3. The minimum Gasteiger partial charge on any atom is -0.507 e. The topological polar surface area (TPSA) is 57.5 Å². The van der Waals surface area contributed by atoms with Crippen molar-refractivity contribution < 1.29 is 15.0 Å². The second-order valence-corrected chi connectivity index (χ2v) is 6.98. The van der Waals surface area contributed by atoms with Gasteiger partial charge in [-0.15, -0.1) is 0 Å². The Labute approximate surface area is 120 Å². The summed E-state index contributed by atoms with van der Waals surface area (Å²) in [5.41, 5.74) is 2.59. The van der Waals surface area contributed by atoms with E-state index in [1.165, 1.54) is 0 Å². The standard InChI is InChI=1S/C17H24O3/c1-10-5-8-13(17(2,3)4)16(20)15(10)12(9-14(18)19)11-6-7-11/h5,8,11-12,20H,6-7,9H2,1-4H3,(H,18,19). The van der Waals surface area contributed by atoms with Crippen molar-refractivity contribution in [2.45, 2.75) is 58.3 Å². The van der Waals surface area contributed by atoms with E-state index in [2.05, 4.69) is 20.8 Å². The fourth-order valence-electron chi connectivity index (χ4n) is 2.97. The van der Waals surface area contributed by atoms with Crippen molar-refractivity contribution in [3.8, 4) is 5.75 Å².